The second kappa shape index (κ2) is 9.37. The smallest absolute Gasteiger partial charge is 0.405 e. The molecule has 0 aliphatic carbocycles. The van der Waals surface area contributed by atoms with E-state index in [4.69, 9.17) is 9.84 Å². The van der Waals surface area contributed by atoms with Gasteiger partial charge in [0.25, 0.3) is 0 Å². The van der Waals surface area contributed by atoms with Crippen LogP contribution >= 0.6 is 0 Å². The third-order valence-electron chi connectivity index (χ3n) is 1.57. The maximum Gasteiger partial charge on any atom is 0.405 e. The van der Waals surface area contributed by atoms with Gasteiger partial charge in [0, 0.05) is 32.7 Å². The third kappa shape index (κ3) is 12.4. The molecule has 0 aliphatic rings. The minimum atomic E-state index is -0.485. The van der Waals surface area contributed by atoms with Gasteiger partial charge in [-0.15, -0.1) is 0 Å². The Kier molecular flexibility index (Phi) is 11.0. The standard InChI is InChI=1S/C11H21NO3.Y/c1-9(7-5-6-8-13)12-10(14)15-11(2,3)4;/h6,9,13H,1,5,7-8H2,2-4H3,(H,12,14);/q-2;/t9-;/m0./s1. The van der Waals surface area contributed by atoms with E-state index >= 15 is 0 Å². The topological polar surface area (TPSA) is 58.6 Å². The van der Waals surface area contributed by atoms with Crippen molar-refractivity contribution >= 4 is 6.09 Å². The molecule has 0 heterocycles. The van der Waals surface area contributed by atoms with Crippen LogP contribution in [-0.2, 0) is 37.4 Å². The predicted octanol–water partition coefficient (Wildman–Crippen LogP) is 1.69. The molecular weight excluding hydrogens is 283 g/mol. The van der Waals surface area contributed by atoms with E-state index in [0.717, 1.165) is 6.42 Å². The second-order valence-corrected chi connectivity index (χ2v) is 4.39. The minimum Gasteiger partial charge on any atom is -0.444 e. The zero-order chi connectivity index (χ0) is 11.9. The third-order valence-corrected chi connectivity index (χ3v) is 1.57. The van der Waals surface area contributed by atoms with E-state index < -0.39 is 11.7 Å². The first-order valence-electron chi connectivity index (χ1n) is 5.10. The number of nitrogens with one attached hydrogen (secondary N) is 1. The van der Waals surface area contributed by atoms with Gasteiger partial charge in [-0.3, -0.25) is 0 Å². The van der Waals surface area contributed by atoms with Gasteiger partial charge in [0.05, 0.1) is 0 Å². The molecule has 0 aromatic heterocycles. The van der Waals surface area contributed by atoms with Crippen LogP contribution in [0.2, 0.25) is 0 Å². The molecule has 2 N–H and O–H groups in total. The van der Waals surface area contributed by atoms with Gasteiger partial charge in [0.1, 0.15) is 5.60 Å². The first-order valence-corrected chi connectivity index (χ1v) is 5.10. The van der Waals surface area contributed by atoms with Gasteiger partial charge in [0.15, 0.2) is 0 Å². The molecule has 1 radical (unpaired) electrons. The molecule has 0 unspecified atom stereocenters. The Bertz CT molecular complexity index is 192. The van der Waals surface area contributed by atoms with Crippen molar-refractivity contribution in [1.29, 1.82) is 0 Å². The Morgan fingerprint density at radius 1 is 1.56 bits per heavy atom. The molecule has 1 atom stereocenters. The Labute approximate surface area is 123 Å². The monoisotopic (exact) mass is 304 g/mol. The Hall–Kier alpha value is 0.334. The number of unbranched alkanes of at least 4 members (excludes halogenated alkanes) is 1. The van der Waals surface area contributed by atoms with Crippen LogP contribution in [0.5, 0.6) is 0 Å². The molecule has 0 rings (SSSR count). The summed E-state index contributed by atoms with van der Waals surface area (Å²) in [5, 5.41) is 11.1. The summed E-state index contributed by atoms with van der Waals surface area (Å²) in [6, 6.07) is -0.192. The largest absolute Gasteiger partial charge is 0.444 e. The molecular formula is C11H21NO3Y-2. The molecule has 0 spiro atoms. The fourth-order valence-electron chi connectivity index (χ4n) is 0.957. The van der Waals surface area contributed by atoms with Crippen LogP contribution in [0.25, 0.3) is 0 Å². The van der Waals surface area contributed by atoms with Crippen LogP contribution < -0.4 is 5.32 Å². The number of aliphatic hydroxyl groups excluding tert-OH is 1. The Morgan fingerprint density at radius 2 is 2.12 bits per heavy atom. The second-order valence-electron chi connectivity index (χ2n) is 4.39. The number of rotatable bonds is 5. The summed E-state index contributed by atoms with van der Waals surface area (Å²) < 4.78 is 5.07. The van der Waals surface area contributed by atoms with Gasteiger partial charge >= 0.3 is 6.09 Å². The number of hydrogen-bond acceptors (Lipinski definition) is 3. The number of ether oxygens (including phenoxy) is 1. The molecule has 0 saturated heterocycles. The molecule has 0 bridgehead atoms. The van der Waals surface area contributed by atoms with Gasteiger partial charge in [-0.05, 0) is 20.8 Å². The molecule has 0 aromatic carbocycles. The van der Waals surface area contributed by atoms with Crippen LogP contribution in [0, 0.1) is 13.3 Å². The van der Waals surface area contributed by atoms with Crippen LogP contribution in [0.1, 0.15) is 33.6 Å². The zero-order valence-corrected chi connectivity index (χ0v) is 13.2. The molecule has 1 amide bonds. The maximum atomic E-state index is 11.3. The quantitative estimate of drug-likeness (QED) is 0.600. The van der Waals surface area contributed by atoms with Gasteiger partial charge in [0.2, 0.25) is 0 Å². The molecule has 0 aliphatic heterocycles. The van der Waals surface area contributed by atoms with Crippen molar-refractivity contribution in [3.05, 3.63) is 13.3 Å². The zero-order valence-electron chi connectivity index (χ0n) is 10.3. The van der Waals surface area contributed by atoms with Gasteiger partial charge in [-0.25, -0.2) is 4.79 Å². The van der Waals surface area contributed by atoms with E-state index in [0.29, 0.717) is 6.42 Å². The number of aliphatic hydroxyl groups is 1. The molecule has 16 heavy (non-hydrogen) atoms. The van der Waals surface area contributed by atoms with Crippen LogP contribution in [0.15, 0.2) is 0 Å². The van der Waals surface area contributed by atoms with Crippen LogP contribution in [-0.4, -0.2) is 29.4 Å². The van der Waals surface area contributed by atoms with Crippen molar-refractivity contribution in [3.63, 3.8) is 0 Å². The van der Waals surface area contributed by atoms with Crippen molar-refractivity contribution in [2.24, 2.45) is 0 Å². The summed E-state index contributed by atoms with van der Waals surface area (Å²) in [7, 11) is 0. The van der Waals surface area contributed by atoms with E-state index in [9.17, 15) is 4.79 Å². The normalized spacial score (nSPS) is 12.6. The Balaban J connectivity index is 0. The van der Waals surface area contributed by atoms with Crippen molar-refractivity contribution in [2.45, 2.75) is 45.3 Å². The SMILES string of the molecule is [CH2-][C@@H](CC[CH-]CO)NC(=O)OC(C)(C)C.[Y]. The number of carbonyl (C=O) groups is 1. The van der Waals surface area contributed by atoms with Crippen molar-refractivity contribution in [1.82, 2.24) is 5.32 Å². The van der Waals surface area contributed by atoms with Gasteiger partial charge < -0.3 is 28.5 Å². The molecule has 5 heteroatoms. The van der Waals surface area contributed by atoms with Gasteiger partial charge in [-0.1, -0.05) is 19.1 Å². The summed E-state index contributed by atoms with van der Waals surface area (Å²) in [5.41, 5.74) is -0.485. The molecule has 0 aromatic rings. The number of carbonyl (C=O) groups excluding carboxylic acids is 1. The maximum absolute atomic E-state index is 11.3. The molecule has 4 nitrogen and oxygen atoms in total. The first-order chi connectivity index (χ1) is 6.85. The fraction of sp³-hybridized carbons (Fsp3) is 0.727. The van der Waals surface area contributed by atoms with E-state index in [1.807, 2.05) is 20.8 Å². The minimum absolute atomic E-state index is 0. The summed E-state index contributed by atoms with van der Waals surface area (Å²) >= 11 is 0. The summed E-state index contributed by atoms with van der Waals surface area (Å²) in [4.78, 5) is 11.3. The van der Waals surface area contributed by atoms with Crippen molar-refractivity contribution < 1.29 is 47.3 Å². The van der Waals surface area contributed by atoms with Crippen LogP contribution in [0.3, 0.4) is 0 Å². The van der Waals surface area contributed by atoms with Crippen molar-refractivity contribution in [2.75, 3.05) is 6.61 Å². The number of alkyl carbamates (subject to hydrolysis) is 1. The van der Waals surface area contributed by atoms with E-state index in [-0.39, 0.29) is 45.4 Å². The fourth-order valence-corrected chi connectivity index (χ4v) is 0.957. The Morgan fingerprint density at radius 3 is 2.56 bits per heavy atom. The number of amides is 1. The molecule has 0 saturated carbocycles. The van der Waals surface area contributed by atoms with E-state index in [2.05, 4.69) is 12.2 Å². The van der Waals surface area contributed by atoms with Crippen molar-refractivity contribution in [3.8, 4) is 0 Å². The summed E-state index contributed by atoms with van der Waals surface area (Å²) in [5.74, 6) is 0. The van der Waals surface area contributed by atoms with Gasteiger partial charge in [-0.2, -0.15) is 6.42 Å². The molecule has 93 valence electrons. The average molecular weight is 304 g/mol. The summed E-state index contributed by atoms with van der Waals surface area (Å²) in [6.07, 6.45) is 2.70. The van der Waals surface area contributed by atoms with E-state index in [1.54, 1.807) is 6.42 Å². The first kappa shape index (κ1) is 18.7. The summed E-state index contributed by atoms with van der Waals surface area (Å²) in [6.45, 7) is 9.25. The average Bonchev–Trinajstić information content (AvgIpc) is 2.00. The predicted molar refractivity (Wildman–Crippen MR) is 59.1 cm³/mol. The number of hydrogen-bond donors (Lipinski definition) is 2. The van der Waals surface area contributed by atoms with E-state index in [1.165, 1.54) is 0 Å². The molecule has 0 fully saturated rings. The van der Waals surface area contributed by atoms with Crippen LogP contribution in [0.4, 0.5) is 4.79 Å².